The standard InChI is InChI=1S/C13H12N4O/c1-2-11-15-12(17-13(14)16-11)10-7-8-5-3-4-6-9(8)18-10/h3-7H,2H2,1H3,(H2,14,15,16,17). The van der Waals surface area contributed by atoms with Crippen LogP contribution in [0.5, 0.6) is 0 Å². The Morgan fingerprint density at radius 2 is 2.00 bits per heavy atom. The Labute approximate surface area is 104 Å². The molecule has 0 aliphatic heterocycles. The average Bonchev–Trinajstić information content (AvgIpc) is 2.81. The van der Waals surface area contributed by atoms with Gasteiger partial charge in [-0.25, -0.2) is 4.98 Å². The van der Waals surface area contributed by atoms with Gasteiger partial charge >= 0.3 is 0 Å². The van der Waals surface area contributed by atoms with Gasteiger partial charge < -0.3 is 10.2 Å². The predicted molar refractivity (Wildman–Crippen MR) is 68.8 cm³/mol. The van der Waals surface area contributed by atoms with Gasteiger partial charge in [-0.15, -0.1) is 0 Å². The van der Waals surface area contributed by atoms with E-state index in [-0.39, 0.29) is 5.95 Å². The molecule has 0 unspecified atom stereocenters. The molecule has 3 aromatic rings. The van der Waals surface area contributed by atoms with Gasteiger partial charge in [0.25, 0.3) is 0 Å². The zero-order chi connectivity index (χ0) is 12.5. The van der Waals surface area contributed by atoms with Crippen LogP contribution in [0.1, 0.15) is 12.7 Å². The van der Waals surface area contributed by atoms with Crippen LogP contribution in [0.3, 0.4) is 0 Å². The van der Waals surface area contributed by atoms with E-state index in [1.54, 1.807) is 0 Å². The molecule has 0 radical (unpaired) electrons. The van der Waals surface area contributed by atoms with Crippen LogP contribution in [0.4, 0.5) is 5.95 Å². The van der Waals surface area contributed by atoms with E-state index in [0.717, 1.165) is 11.0 Å². The van der Waals surface area contributed by atoms with E-state index < -0.39 is 0 Å². The van der Waals surface area contributed by atoms with E-state index in [9.17, 15) is 0 Å². The number of nitrogens with two attached hydrogens (primary N) is 1. The largest absolute Gasteiger partial charge is 0.453 e. The maximum absolute atomic E-state index is 5.70. The van der Waals surface area contributed by atoms with Crippen molar-refractivity contribution >= 4 is 16.9 Å². The fraction of sp³-hybridized carbons (Fsp3) is 0.154. The Morgan fingerprint density at radius 1 is 1.17 bits per heavy atom. The lowest BCUT2D eigenvalue weighted by atomic mass is 10.2. The second-order valence-electron chi connectivity index (χ2n) is 3.94. The Morgan fingerprint density at radius 3 is 2.78 bits per heavy atom. The van der Waals surface area contributed by atoms with Crippen LogP contribution in [-0.2, 0) is 6.42 Å². The second-order valence-corrected chi connectivity index (χ2v) is 3.94. The molecule has 3 rings (SSSR count). The molecule has 0 fully saturated rings. The minimum atomic E-state index is 0.220. The van der Waals surface area contributed by atoms with Crippen molar-refractivity contribution in [2.24, 2.45) is 0 Å². The van der Waals surface area contributed by atoms with Crippen LogP contribution in [0.2, 0.25) is 0 Å². The molecule has 0 aliphatic carbocycles. The first kappa shape index (κ1) is 10.7. The molecule has 90 valence electrons. The first-order valence-electron chi connectivity index (χ1n) is 5.75. The van der Waals surface area contributed by atoms with Crippen LogP contribution < -0.4 is 5.73 Å². The topological polar surface area (TPSA) is 77.8 Å². The Kier molecular flexibility index (Phi) is 2.44. The lowest BCUT2D eigenvalue weighted by molar-refractivity contribution is 0.623. The molecule has 1 aromatic carbocycles. The quantitative estimate of drug-likeness (QED) is 0.744. The van der Waals surface area contributed by atoms with Crippen molar-refractivity contribution in [3.63, 3.8) is 0 Å². The number of furan rings is 1. The van der Waals surface area contributed by atoms with Gasteiger partial charge in [0.05, 0.1) is 0 Å². The summed E-state index contributed by atoms with van der Waals surface area (Å²) in [6, 6.07) is 9.68. The van der Waals surface area contributed by atoms with E-state index in [4.69, 9.17) is 10.2 Å². The maximum Gasteiger partial charge on any atom is 0.223 e. The summed E-state index contributed by atoms with van der Waals surface area (Å²) in [5, 5.41) is 1.02. The molecule has 2 aromatic heterocycles. The smallest absolute Gasteiger partial charge is 0.223 e. The number of anilines is 1. The molecular weight excluding hydrogens is 228 g/mol. The van der Waals surface area contributed by atoms with Crippen LogP contribution >= 0.6 is 0 Å². The first-order chi connectivity index (χ1) is 8.76. The Hall–Kier alpha value is -2.43. The van der Waals surface area contributed by atoms with Gasteiger partial charge in [-0.1, -0.05) is 25.1 Å². The molecule has 0 atom stereocenters. The van der Waals surface area contributed by atoms with Gasteiger partial charge in [0.2, 0.25) is 11.8 Å². The Balaban J connectivity index is 2.16. The van der Waals surface area contributed by atoms with Crippen LogP contribution in [0.15, 0.2) is 34.7 Å². The highest BCUT2D eigenvalue weighted by Crippen LogP contribution is 2.25. The van der Waals surface area contributed by atoms with Crippen LogP contribution in [0.25, 0.3) is 22.6 Å². The SMILES string of the molecule is CCc1nc(N)nc(-c2cc3ccccc3o2)n1. The highest BCUT2D eigenvalue weighted by molar-refractivity contribution is 5.81. The second kappa shape index (κ2) is 4.10. The number of hydrogen-bond donors (Lipinski definition) is 1. The van der Waals surface area contributed by atoms with Gasteiger partial charge in [0.1, 0.15) is 11.4 Å². The van der Waals surface area contributed by atoms with Crippen molar-refractivity contribution in [3.05, 3.63) is 36.2 Å². The van der Waals surface area contributed by atoms with Gasteiger partial charge in [0, 0.05) is 11.8 Å². The highest BCUT2D eigenvalue weighted by Gasteiger charge is 2.10. The molecule has 18 heavy (non-hydrogen) atoms. The third-order valence-corrected chi connectivity index (χ3v) is 2.66. The number of fused-ring (bicyclic) bond motifs is 1. The molecule has 2 heterocycles. The highest BCUT2D eigenvalue weighted by atomic mass is 16.3. The lowest BCUT2D eigenvalue weighted by Crippen LogP contribution is -2.03. The van der Waals surface area contributed by atoms with E-state index in [0.29, 0.717) is 23.8 Å². The normalized spacial score (nSPS) is 10.9. The number of nitrogen functional groups attached to an aromatic ring is 1. The molecule has 0 bridgehead atoms. The summed E-state index contributed by atoms with van der Waals surface area (Å²) >= 11 is 0. The fourth-order valence-corrected chi connectivity index (χ4v) is 1.80. The monoisotopic (exact) mass is 240 g/mol. The van der Waals surface area contributed by atoms with Crippen molar-refractivity contribution in [1.82, 2.24) is 15.0 Å². The molecule has 5 heteroatoms. The van der Waals surface area contributed by atoms with Crippen molar-refractivity contribution in [2.75, 3.05) is 5.73 Å². The number of para-hydroxylation sites is 1. The van der Waals surface area contributed by atoms with Crippen molar-refractivity contribution in [1.29, 1.82) is 0 Å². The first-order valence-corrected chi connectivity index (χ1v) is 5.75. The number of aromatic nitrogens is 3. The number of nitrogens with zero attached hydrogens (tertiary/aromatic N) is 3. The predicted octanol–water partition coefficient (Wildman–Crippen LogP) is 2.43. The third-order valence-electron chi connectivity index (χ3n) is 2.66. The number of hydrogen-bond acceptors (Lipinski definition) is 5. The van der Waals surface area contributed by atoms with Crippen molar-refractivity contribution in [3.8, 4) is 11.6 Å². The molecule has 0 amide bonds. The van der Waals surface area contributed by atoms with Crippen molar-refractivity contribution in [2.45, 2.75) is 13.3 Å². The van der Waals surface area contributed by atoms with E-state index >= 15 is 0 Å². The minimum absolute atomic E-state index is 0.220. The fourth-order valence-electron chi connectivity index (χ4n) is 1.80. The summed E-state index contributed by atoms with van der Waals surface area (Å²) in [7, 11) is 0. The number of benzene rings is 1. The van der Waals surface area contributed by atoms with E-state index in [1.807, 2.05) is 37.3 Å². The molecule has 2 N–H and O–H groups in total. The van der Waals surface area contributed by atoms with Gasteiger partial charge in [-0.3, -0.25) is 0 Å². The summed E-state index contributed by atoms with van der Waals surface area (Å²) in [4.78, 5) is 12.5. The summed E-state index contributed by atoms with van der Waals surface area (Å²) in [5.41, 5.74) is 6.47. The molecule has 0 spiro atoms. The van der Waals surface area contributed by atoms with Gasteiger partial charge in [-0.05, 0) is 12.1 Å². The molecule has 0 saturated heterocycles. The van der Waals surface area contributed by atoms with Crippen LogP contribution in [-0.4, -0.2) is 15.0 Å². The molecule has 0 aliphatic rings. The minimum Gasteiger partial charge on any atom is -0.453 e. The van der Waals surface area contributed by atoms with E-state index in [1.165, 1.54) is 0 Å². The van der Waals surface area contributed by atoms with E-state index in [2.05, 4.69) is 15.0 Å². The third kappa shape index (κ3) is 1.79. The maximum atomic E-state index is 5.70. The number of rotatable bonds is 2. The molecule has 0 saturated carbocycles. The average molecular weight is 240 g/mol. The number of aryl methyl sites for hydroxylation is 1. The van der Waals surface area contributed by atoms with Gasteiger partial charge in [-0.2, -0.15) is 9.97 Å². The lowest BCUT2D eigenvalue weighted by Gasteiger charge is -2.00. The molecule has 5 nitrogen and oxygen atoms in total. The zero-order valence-corrected chi connectivity index (χ0v) is 9.92. The van der Waals surface area contributed by atoms with Crippen LogP contribution in [0, 0.1) is 0 Å². The Bertz CT molecular complexity index is 672. The van der Waals surface area contributed by atoms with Gasteiger partial charge in [0.15, 0.2) is 5.76 Å². The zero-order valence-electron chi connectivity index (χ0n) is 9.92. The summed E-state index contributed by atoms with van der Waals surface area (Å²) in [6.07, 6.45) is 0.708. The summed E-state index contributed by atoms with van der Waals surface area (Å²) in [6.45, 7) is 1.97. The summed E-state index contributed by atoms with van der Waals surface area (Å²) < 4.78 is 5.70. The summed E-state index contributed by atoms with van der Waals surface area (Å²) in [5.74, 6) is 1.98. The van der Waals surface area contributed by atoms with Crippen molar-refractivity contribution < 1.29 is 4.42 Å². The molecular formula is C13H12N4O.